The maximum atomic E-state index is 9.41. The zero-order valence-corrected chi connectivity index (χ0v) is 13.3. The Morgan fingerprint density at radius 1 is 0.941 bits per heavy atom. The van der Waals surface area contributed by atoms with Gasteiger partial charge >= 0.3 is 17.1 Å². The largest absolute Gasteiger partial charge is 0.398 e. The van der Waals surface area contributed by atoms with E-state index in [2.05, 4.69) is 0 Å². The second-order valence-corrected chi connectivity index (χ2v) is 11.2. The summed E-state index contributed by atoms with van der Waals surface area (Å²) < 4.78 is 26.8. The highest BCUT2D eigenvalue weighted by Crippen LogP contribution is 2.22. The van der Waals surface area contributed by atoms with Crippen LogP contribution in [-0.4, -0.2) is 70.1 Å². The van der Waals surface area contributed by atoms with E-state index in [0.29, 0.717) is 18.9 Å². The molecule has 6 nitrogen and oxygen atoms in total. The normalized spacial score (nSPS) is 15.9. The summed E-state index contributed by atoms with van der Waals surface area (Å²) in [4.78, 5) is 0. The fourth-order valence-electron chi connectivity index (χ4n) is 1.42. The standard InChI is InChI=1S/C9H24O6Si2/c1-11-6-7-15-16(5,12-2)9-17(8-10,13-3)14-4/h10H,6-9H2,1-5H3. The number of hydrogen-bond acceptors (Lipinski definition) is 6. The van der Waals surface area contributed by atoms with E-state index < -0.39 is 17.1 Å². The van der Waals surface area contributed by atoms with Gasteiger partial charge in [-0.15, -0.1) is 0 Å². The molecule has 0 aliphatic heterocycles. The maximum absolute atomic E-state index is 9.41. The van der Waals surface area contributed by atoms with Crippen LogP contribution < -0.4 is 0 Å². The first-order valence-corrected chi connectivity index (χ1v) is 10.2. The molecule has 0 aromatic heterocycles. The van der Waals surface area contributed by atoms with E-state index in [0.717, 1.165) is 0 Å². The molecule has 0 spiro atoms. The zero-order chi connectivity index (χ0) is 13.4. The zero-order valence-electron chi connectivity index (χ0n) is 11.3. The monoisotopic (exact) mass is 284 g/mol. The van der Waals surface area contributed by atoms with Crippen LogP contribution in [0.3, 0.4) is 0 Å². The van der Waals surface area contributed by atoms with Gasteiger partial charge < -0.3 is 27.5 Å². The smallest absolute Gasteiger partial charge is 0.365 e. The van der Waals surface area contributed by atoms with Crippen molar-refractivity contribution in [2.75, 3.05) is 47.9 Å². The van der Waals surface area contributed by atoms with Crippen molar-refractivity contribution in [3.63, 3.8) is 0 Å². The number of rotatable bonds is 10. The molecule has 0 radical (unpaired) electrons. The fourth-order valence-corrected chi connectivity index (χ4v) is 8.98. The second kappa shape index (κ2) is 8.32. The lowest BCUT2D eigenvalue weighted by atomic mass is 10.8. The van der Waals surface area contributed by atoms with Crippen LogP contribution in [-0.2, 0) is 22.4 Å². The van der Waals surface area contributed by atoms with E-state index in [4.69, 9.17) is 22.4 Å². The summed E-state index contributed by atoms with van der Waals surface area (Å²) in [7, 11) is 1.33. The van der Waals surface area contributed by atoms with Crippen LogP contribution in [0.2, 0.25) is 12.2 Å². The summed E-state index contributed by atoms with van der Waals surface area (Å²) in [5.74, 6) is 0. The van der Waals surface area contributed by atoms with Crippen LogP contribution in [0.4, 0.5) is 0 Å². The van der Waals surface area contributed by atoms with Crippen molar-refractivity contribution in [1.82, 2.24) is 0 Å². The second-order valence-electron chi connectivity index (χ2n) is 3.83. The maximum Gasteiger partial charge on any atom is 0.365 e. The molecular formula is C9H24O6Si2. The lowest BCUT2D eigenvalue weighted by Crippen LogP contribution is -2.55. The first-order chi connectivity index (χ1) is 8.01. The first-order valence-electron chi connectivity index (χ1n) is 5.40. The highest BCUT2D eigenvalue weighted by molar-refractivity contribution is 6.85. The van der Waals surface area contributed by atoms with Gasteiger partial charge in [0.05, 0.1) is 19.4 Å². The molecular weight excluding hydrogens is 260 g/mol. The fraction of sp³-hybridized carbons (Fsp3) is 1.00. The van der Waals surface area contributed by atoms with Crippen molar-refractivity contribution in [2.45, 2.75) is 12.2 Å². The number of methoxy groups -OCH3 is 1. The Hall–Kier alpha value is 0.194. The van der Waals surface area contributed by atoms with Crippen LogP contribution in [0.25, 0.3) is 0 Å². The molecule has 0 aromatic carbocycles. The minimum absolute atomic E-state index is 0.112. The van der Waals surface area contributed by atoms with Crippen LogP contribution in [0.5, 0.6) is 0 Å². The van der Waals surface area contributed by atoms with Crippen LogP contribution in [0.15, 0.2) is 0 Å². The third kappa shape index (κ3) is 5.57. The van der Waals surface area contributed by atoms with Crippen LogP contribution >= 0.6 is 0 Å². The number of hydrogen-bond donors (Lipinski definition) is 1. The third-order valence-corrected chi connectivity index (χ3v) is 11.1. The molecule has 1 unspecified atom stereocenters. The number of aliphatic hydroxyl groups excluding tert-OH is 1. The molecule has 0 saturated heterocycles. The average Bonchev–Trinajstić information content (AvgIpc) is 2.37. The Kier molecular flexibility index (Phi) is 8.42. The Morgan fingerprint density at radius 3 is 1.88 bits per heavy atom. The van der Waals surface area contributed by atoms with Gasteiger partial charge in [0.15, 0.2) is 0 Å². The minimum Gasteiger partial charge on any atom is -0.398 e. The molecule has 0 bridgehead atoms. The SMILES string of the molecule is COCCO[Si](C)(C[Si](CO)(OC)OC)OC. The van der Waals surface area contributed by atoms with Gasteiger partial charge in [-0.3, -0.25) is 0 Å². The Bertz CT molecular complexity index is 194. The van der Waals surface area contributed by atoms with Gasteiger partial charge in [-0.25, -0.2) is 0 Å². The molecule has 0 fully saturated rings. The molecule has 0 heterocycles. The molecule has 17 heavy (non-hydrogen) atoms. The highest BCUT2D eigenvalue weighted by atomic mass is 28.4. The van der Waals surface area contributed by atoms with Crippen molar-refractivity contribution < 1.29 is 27.5 Å². The third-order valence-electron chi connectivity index (χ3n) is 2.70. The lowest BCUT2D eigenvalue weighted by molar-refractivity contribution is 0.117. The molecule has 1 N–H and O–H groups in total. The van der Waals surface area contributed by atoms with Gasteiger partial charge in [0.1, 0.15) is 0 Å². The van der Waals surface area contributed by atoms with E-state index in [1.54, 1.807) is 28.4 Å². The van der Waals surface area contributed by atoms with Gasteiger partial charge in [-0.05, 0) is 6.55 Å². The predicted molar refractivity (Wildman–Crippen MR) is 68.1 cm³/mol. The van der Waals surface area contributed by atoms with Gasteiger partial charge in [0, 0.05) is 34.1 Å². The van der Waals surface area contributed by atoms with Gasteiger partial charge in [-0.2, -0.15) is 0 Å². The Morgan fingerprint density at radius 2 is 1.53 bits per heavy atom. The van der Waals surface area contributed by atoms with E-state index >= 15 is 0 Å². The van der Waals surface area contributed by atoms with Gasteiger partial charge in [0.2, 0.25) is 0 Å². The summed E-state index contributed by atoms with van der Waals surface area (Å²) in [6.07, 6.45) is -0.112. The van der Waals surface area contributed by atoms with E-state index in [-0.39, 0.29) is 6.23 Å². The summed E-state index contributed by atoms with van der Waals surface area (Å²) >= 11 is 0. The molecule has 0 saturated carbocycles. The van der Waals surface area contributed by atoms with Crippen molar-refractivity contribution in [3.8, 4) is 0 Å². The Labute approximate surface area is 105 Å². The summed E-state index contributed by atoms with van der Waals surface area (Å²) in [5.41, 5.74) is 0.518. The molecule has 0 aliphatic rings. The predicted octanol–water partition coefficient (Wildman–Crippen LogP) is 0.174. The first kappa shape index (κ1) is 17.2. The number of aliphatic hydroxyl groups is 1. The molecule has 0 aliphatic carbocycles. The Balaban J connectivity index is 4.52. The van der Waals surface area contributed by atoms with Crippen molar-refractivity contribution in [3.05, 3.63) is 0 Å². The lowest BCUT2D eigenvalue weighted by Gasteiger charge is -2.33. The van der Waals surface area contributed by atoms with E-state index in [9.17, 15) is 5.11 Å². The van der Waals surface area contributed by atoms with Crippen LogP contribution in [0.1, 0.15) is 0 Å². The summed E-state index contributed by atoms with van der Waals surface area (Å²) in [6.45, 7) is 2.91. The van der Waals surface area contributed by atoms with Gasteiger partial charge in [0.25, 0.3) is 0 Å². The summed E-state index contributed by atoms with van der Waals surface area (Å²) in [6, 6.07) is 0. The molecule has 0 rings (SSSR count). The quantitative estimate of drug-likeness (QED) is 0.456. The highest BCUT2D eigenvalue weighted by Gasteiger charge is 2.47. The minimum atomic E-state index is -2.61. The van der Waals surface area contributed by atoms with E-state index in [1.165, 1.54) is 0 Å². The molecule has 104 valence electrons. The molecule has 0 amide bonds. The molecule has 0 aromatic rings. The summed E-state index contributed by atoms with van der Waals surface area (Å²) in [5, 5.41) is 9.41. The van der Waals surface area contributed by atoms with Crippen LogP contribution in [0, 0.1) is 0 Å². The molecule has 8 heteroatoms. The van der Waals surface area contributed by atoms with Gasteiger partial charge in [-0.1, -0.05) is 0 Å². The number of ether oxygens (including phenoxy) is 1. The topological polar surface area (TPSA) is 66.4 Å². The van der Waals surface area contributed by atoms with Crippen molar-refractivity contribution in [2.24, 2.45) is 0 Å². The van der Waals surface area contributed by atoms with E-state index in [1.807, 2.05) is 6.55 Å². The van der Waals surface area contributed by atoms with Crippen molar-refractivity contribution in [1.29, 1.82) is 0 Å². The molecule has 1 atom stereocenters. The average molecular weight is 284 g/mol. The van der Waals surface area contributed by atoms with Crippen molar-refractivity contribution >= 4 is 17.1 Å².